The first-order chi connectivity index (χ1) is 47.3. The fourth-order valence-corrected chi connectivity index (χ4v) is 14.3. The standard InChI is InChI=1S/C35H41N9O5.C23H26N6O4.C12H17N3O2.ClH/c1-22-17-36-20-27(39-22)41-13-9-34(2,10-14-41)33(49)42-15-11-35(3,12-16-42)43-21-23(19-38-43)18-37-25-6-4-5-24-29(25)32(48)44(31(24)47)26-7-8-28(45)40-30(26)46;1-23(7-9-24-10-8-23)28-13-14(12-26-28)11-25-16-4-2-3-15-19(16)22(33)29(21(15)32)17-5-6-18(30)27-20(17)31;1-9-7-13-8-10(14-9)15-5-3-12(2,4-6-15)11(16)17;/h4-6,17,19-21,26,37H,7-16,18H2,1-3H3,(H,40,45,46);2-4,12-13,17,24-25H,5-11H2,1H3,(H,27,30,31);7-8H,3-6H2,1-2H3,(H,16,17);1H. The smallest absolute Gasteiger partial charge is 0.309 e. The van der Waals surface area contributed by atoms with E-state index in [-0.39, 0.29) is 77.3 Å². The van der Waals surface area contributed by atoms with Gasteiger partial charge in [-0.3, -0.25) is 87.7 Å². The van der Waals surface area contributed by atoms with E-state index in [2.05, 4.69) is 87.3 Å². The number of fused-ring (bicyclic) bond motifs is 2. The van der Waals surface area contributed by atoms with Gasteiger partial charge in [0.1, 0.15) is 23.7 Å². The van der Waals surface area contributed by atoms with Crippen LogP contribution in [0.5, 0.6) is 0 Å². The van der Waals surface area contributed by atoms with E-state index in [1.54, 1.807) is 67.4 Å². The summed E-state index contributed by atoms with van der Waals surface area (Å²) in [5.41, 5.74) is 4.32. The molecule has 0 aliphatic carbocycles. The molecule has 6 N–H and O–H groups in total. The molecule has 30 heteroatoms. The maximum atomic E-state index is 13.8. The number of nitrogens with zero attached hydrogens (tertiary/aromatic N) is 13. The number of benzene rings is 2. The summed E-state index contributed by atoms with van der Waals surface area (Å²) < 4.78 is 3.99. The molecular formula is C70H85ClN18O11. The van der Waals surface area contributed by atoms with Gasteiger partial charge in [-0.05, 0) is 136 Å². The van der Waals surface area contributed by atoms with Gasteiger partial charge in [-0.15, -0.1) is 12.4 Å². The molecule has 12 heterocycles. The highest BCUT2D eigenvalue weighted by molar-refractivity contribution is 6.26. The second-order valence-electron chi connectivity index (χ2n) is 28.1. The molecule has 2 atom stereocenters. The van der Waals surface area contributed by atoms with Crippen LogP contribution in [0, 0.1) is 24.7 Å². The molecule has 0 radical (unpaired) electrons. The predicted octanol–water partition coefficient (Wildman–Crippen LogP) is 5.53. The number of nitrogens with one attached hydrogen (secondary N) is 5. The summed E-state index contributed by atoms with van der Waals surface area (Å²) >= 11 is 0. The third kappa shape index (κ3) is 14.5. The number of hydrogen-bond donors (Lipinski definition) is 6. The normalized spacial score (nSPS) is 21.3. The fraction of sp³-hybridized carbons (Fsp3) is 0.486. The lowest BCUT2D eigenvalue weighted by molar-refractivity contribution is -0.149. The number of amides is 9. The van der Waals surface area contributed by atoms with Gasteiger partial charge in [0, 0.05) is 118 Å². The molecular weight excluding hydrogens is 1300 g/mol. The summed E-state index contributed by atoms with van der Waals surface area (Å²) in [6, 6.07) is 8.05. The van der Waals surface area contributed by atoms with Crippen LogP contribution in [0.2, 0.25) is 0 Å². The number of aliphatic carboxylic acids is 1. The maximum Gasteiger partial charge on any atom is 0.309 e. The van der Waals surface area contributed by atoms with Crippen molar-refractivity contribution in [1.29, 1.82) is 0 Å². The summed E-state index contributed by atoms with van der Waals surface area (Å²) in [4.78, 5) is 151. The van der Waals surface area contributed by atoms with Crippen molar-refractivity contribution in [1.82, 2.24) is 70.1 Å². The molecule has 2 aromatic carbocycles. The van der Waals surface area contributed by atoms with Crippen LogP contribution in [0.15, 0.2) is 86.0 Å². The van der Waals surface area contributed by atoms with Crippen molar-refractivity contribution >= 4 is 94.6 Å². The van der Waals surface area contributed by atoms with E-state index in [1.165, 1.54) is 0 Å². The summed E-state index contributed by atoms with van der Waals surface area (Å²) in [6.07, 6.45) is 21.4. The van der Waals surface area contributed by atoms with Crippen LogP contribution in [-0.2, 0) is 52.9 Å². The van der Waals surface area contributed by atoms with Gasteiger partial charge in [-0.25, -0.2) is 9.97 Å². The van der Waals surface area contributed by atoms with Crippen molar-refractivity contribution in [2.45, 2.75) is 155 Å². The van der Waals surface area contributed by atoms with E-state index in [0.717, 1.165) is 122 Å². The number of piperidine rings is 6. The number of imide groups is 4. The van der Waals surface area contributed by atoms with Crippen molar-refractivity contribution in [3.05, 3.63) is 131 Å². The average molecular weight is 1390 g/mol. The predicted molar refractivity (Wildman–Crippen MR) is 368 cm³/mol. The van der Waals surface area contributed by atoms with E-state index >= 15 is 0 Å². The van der Waals surface area contributed by atoms with Gasteiger partial charge >= 0.3 is 5.97 Å². The number of likely N-dealkylation sites (tertiary alicyclic amines) is 1. The highest BCUT2D eigenvalue weighted by Crippen LogP contribution is 2.40. The van der Waals surface area contributed by atoms with Crippen molar-refractivity contribution in [3.8, 4) is 0 Å². The molecule has 6 fully saturated rings. The Labute approximate surface area is 584 Å². The lowest BCUT2D eigenvalue weighted by Gasteiger charge is -2.45. The van der Waals surface area contributed by atoms with Gasteiger partial charge in [0.25, 0.3) is 23.6 Å². The molecule has 0 bridgehead atoms. The van der Waals surface area contributed by atoms with Gasteiger partial charge in [0.15, 0.2) is 0 Å². The first-order valence-corrected chi connectivity index (χ1v) is 33.9. The SMILES string of the molecule is CC1(n2cc(CNc3cccc4c3C(=O)N(C3CCC(=O)NC3=O)C4=O)cn2)CCNCC1.Cc1cncc(N2CCC(C)(C(=O)N3CCC(C)(n4cc(CNc5cccc6c5C(=O)N(C5CCC(=O)NC5=O)C6=O)cn4)CC3)CC2)n1.Cc1cncc(N2CCC(C)(C(=O)O)CC2)n1.Cl. The summed E-state index contributed by atoms with van der Waals surface area (Å²) in [5.74, 6) is -2.97. The Kier molecular flexibility index (Phi) is 20.7. The zero-order valence-corrected chi connectivity index (χ0v) is 57.9. The molecule has 14 rings (SSSR count). The van der Waals surface area contributed by atoms with Crippen LogP contribution in [-0.4, -0.2) is 183 Å². The number of hydrogen-bond acceptors (Lipinski definition) is 21. The lowest BCUT2D eigenvalue weighted by Crippen LogP contribution is -2.54. The first-order valence-electron chi connectivity index (χ1n) is 33.9. The minimum atomic E-state index is -1.02. The maximum absolute atomic E-state index is 13.8. The third-order valence-corrected chi connectivity index (χ3v) is 21.0. The highest BCUT2D eigenvalue weighted by atomic mass is 35.5. The van der Waals surface area contributed by atoms with Crippen LogP contribution in [0.1, 0.15) is 169 Å². The van der Waals surface area contributed by atoms with Crippen molar-refractivity contribution in [3.63, 3.8) is 0 Å². The molecule has 6 saturated heterocycles. The molecule has 9 amide bonds. The van der Waals surface area contributed by atoms with E-state index in [9.17, 15) is 47.9 Å². The van der Waals surface area contributed by atoms with E-state index in [0.29, 0.717) is 50.4 Å². The van der Waals surface area contributed by atoms with Crippen LogP contribution < -0.4 is 36.4 Å². The highest BCUT2D eigenvalue weighted by Gasteiger charge is 2.49. The molecule has 2 unspecified atom stereocenters. The number of carbonyl (C=O) groups is 10. The second-order valence-corrected chi connectivity index (χ2v) is 28.1. The molecule has 100 heavy (non-hydrogen) atoms. The van der Waals surface area contributed by atoms with Crippen LogP contribution in [0.3, 0.4) is 0 Å². The molecule has 0 saturated carbocycles. The van der Waals surface area contributed by atoms with Gasteiger partial charge in [0.05, 0.1) is 74.9 Å². The first kappa shape index (κ1) is 71.3. The summed E-state index contributed by atoms with van der Waals surface area (Å²) in [6.45, 7) is 19.1. The number of rotatable bonds is 14. The number of aromatic nitrogens is 8. The number of carboxylic acids is 1. The third-order valence-electron chi connectivity index (χ3n) is 21.0. The monoisotopic (exact) mass is 1390 g/mol. The lowest BCUT2D eigenvalue weighted by atomic mass is 9.78. The Morgan fingerprint density at radius 1 is 0.540 bits per heavy atom. The summed E-state index contributed by atoms with van der Waals surface area (Å²) in [5, 5.41) is 32.8. The number of halogens is 1. The number of carboxylic acid groups (broad SMARTS) is 1. The largest absolute Gasteiger partial charge is 0.481 e. The zero-order chi connectivity index (χ0) is 70.1. The quantitative estimate of drug-likeness (QED) is 0.0730. The molecule has 0 spiro atoms. The number of anilines is 4. The van der Waals surface area contributed by atoms with Crippen LogP contribution in [0.25, 0.3) is 0 Å². The van der Waals surface area contributed by atoms with Crippen LogP contribution in [0.4, 0.5) is 23.0 Å². The van der Waals surface area contributed by atoms with E-state index in [4.69, 9.17) is 5.11 Å². The Hall–Kier alpha value is -10.0. The minimum Gasteiger partial charge on any atom is -0.481 e. The van der Waals surface area contributed by atoms with E-state index < -0.39 is 76.1 Å². The zero-order valence-electron chi connectivity index (χ0n) is 57.0. The van der Waals surface area contributed by atoms with Crippen LogP contribution >= 0.6 is 12.4 Å². The Morgan fingerprint density at radius 3 is 1.37 bits per heavy atom. The summed E-state index contributed by atoms with van der Waals surface area (Å²) in [7, 11) is 0. The average Bonchev–Trinajstić information content (AvgIpc) is 1.60. The Morgan fingerprint density at radius 2 is 0.960 bits per heavy atom. The minimum absolute atomic E-state index is 0. The molecule has 6 aromatic rings. The molecule has 4 aromatic heterocycles. The van der Waals surface area contributed by atoms with Gasteiger partial charge in [-0.2, -0.15) is 10.2 Å². The Balaban J connectivity index is 0.000000169. The van der Waals surface area contributed by atoms with Gasteiger partial charge in [-0.1, -0.05) is 19.1 Å². The van der Waals surface area contributed by atoms with Crippen molar-refractivity contribution < 1.29 is 53.1 Å². The molecule has 29 nitrogen and oxygen atoms in total. The molecule has 528 valence electrons. The topological polar surface area (TPSA) is 354 Å². The Bertz CT molecular complexity index is 4180. The van der Waals surface area contributed by atoms with E-state index in [1.807, 2.05) is 53.6 Å². The molecule has 8 aliphatic heterocycles. The van der Waals surface area contributed by atoms with Crippen molar-refractivity contribution in [2.24, 2.45) is 10.8 Å². The van der Waals surface area contributed by atoms with Gasteiger partial charge < -0.3 is 35.8 Å². The second kappa shape index (κ2) is 29.0. The van der Waals surface area contributed by atoms with Crippen molar-refractivity contribution in [2.75, 3.05) is 72.8 Å². The van der Waals surface area contributed by atoms with Gasteiger partial charge in [0.2, 0.25) is 29.5 Å². The number of carbonyl (C=O) groups excluding carboxylic acids is 9. The molecule has 8 aliphatic rings. The fourth-order valence-electron chi connectivity index (χ4n) is 14.3. The number of aryl methyl sites for hydroxylation is 2.